The van der Waals surface area contributed by atoms with E-state index in [9.17, 15) is 0 Å². The number of hydrogen-bond acceptors (Lipinski definition) is 5. The van der Waals surface area contributed by atoms with Crippen molar-refractivity contribution >= 4 is 26.7 Å². The molecule has 0 saturated carbocycles. The molecule has 0 atom stereocenters. The molecule has 2 N–H and O–H groups in total. The van der Waals surface area contributed by atoms with Gasteiger partial charge in [-0.05, 0) is 33.4 Å². The lowest BCUT2D eigenvalue weighted by molar-refractivity contribution is 0.423. The summed E-state index contributed by atoms with van der Waals surface area (Å²) in [6.07, 6.45) is 3.56. The maximum absolute atomic E-state index is 5.46. The van der Waals surface area contributed by atoms with Crippen LogP contribution in [0.1, 0.15) is 5.82 Å². The zero-order valence-electron chi connectivity index (χ0n) is 9.30. The molecule has 0 aliphatic carbocycles. The summed E-state index contributed by atoms with van der Waals surface area (Å²) in [5, 5.41) is 5.88. The Kier molecular flexibility index (Phi) is 2.81. The van der Waals surface area contributed by atoms with Crippen LogP contribution in [-0.4, -0.2) is 15.1 Å². The van der Waals surface area contributed by atoms with Gasteiger partial charge in [0.2, 0.25) is 0 Å². The van der Waals surface area contributed by atoms with Crippen molar-refractivity contribution in [1.82, 2.24) is 15.1 Å². The molecule has 0 aliphatic heterocycles. The molecular formula is C12H9BrN4O. The normalized spacial score (nSPS) is 11.0. The van der Waals surface area contributed by atoms with Gasteiger partial charge in [0, 0.05) is 27.8 Å². The lowest BCUT2D eigenvalue weighted by Crippen LogP contribution is -1.97. The Hall–Kier alpha value is -1.79. The summed E-state index contributed by atoms with van der Waals surface area (Å²) in [6, 6.07) is 5.87. The molecule has 3 aromatic rings. The van der Waals surface area contributed by atoms with Gasteiger partial charge in [-0.3, -0.25) is 4.98 Å². The van der Waals surface area contributed by atoms with E-state index in [0.717, 1.165) is 20.8 Å². The fourth-order valence-electron chi connectivity index (χ4n) is 1.72. The first-order valence-corrected chi connectivity index (χ1v) is 6.13. The van der Waals surface area contributed by atoms with Crippen LogP contribution in [0.4, 0.5) is 0 Å². The van der Waals surface area contributed by atoms with Crippen LogP contribution in [0.25, 0.3) is 22.2 Å². The van der Waals surface area contributed by atoms with Crippen LogP contribution in [0.5, 0.6) is 0 Å². The maximum atomic E-state index is 5.46. The zero-order chi connectivity index (χ0) is 12.5. The molecule has 2 heterocycles. The summed E-state index contributed by atoms with van der Waals surface area (Å²) in [5.41, 5.74) is 6.32. The van der Waals surface area contributed by atoms with Crippen molar-refractivity contribution in [2.45, 2.75) is 6.54 Å². The predicted octanol–water partition coefficient (Wildman–Crippen LogP) is 2.51. The lowest BCUT2D eigenvalue weighted by Gasteiger charge is -2.01. The fourth-order valence-corrected chi connectivity index (χ4v) is 2.18. The van der Waals surface area contributed by atoms with Crippen molar-refractivity contribution in [2.24, 2.45) is 5.73 Å². The highest BCUT2D eigenvalue weighted by molar-refractivity contribution is 9.10. The largest absolute Gasteiger partial charge is 0.334 e. The van der Waals surface area contributed by atoms with Gasteiger partial charge < -0.3 is 10.3 Å². The number of benzene rings is 1. The van der Waals surface area contributed by atoms with Crippen LogP contribution >= 0.6 is 15.9 Å². The molecular weight excluding hydrogens is 296 g/mol. The van der Waals surface area contributed by atoms with E-state index in [0.29, 0.717) is 11.7 Å². The fraction of sp³-hybridized carbons (Fsp3) is 0.0833. The van der Waals surface area contributed by atoms with Gasteiger partial charge in [0.1, 0.15) is 0 Å². The molecule has 1 aromatic carbocycles. The van der Waals surface area contributed by atoms with Crippen LogP contribution in [0, 0.1) is 0 Å². The number of nitrogens with zero attached hydrogens (tertiary/aromatic N) is 3. The van der Waals surface area contributed by atoms with E-state index in [1.54, 1.807) is 6.20 Å². The molecule has 6 heteroatoms. The smallest absolute Gasteiger partial charge is 0.257 e. The Balaban J connectivity index is 2.15. The van der Waals surface area contributed by atoms with E-state index in [1.807, 2.05) is 24.4 Å². The van der Waals surface area contributed by atoms with E-state index >= 15 is 0 Å². The van der Waals surface area contributed by atoms with E-state index in [2.05, 4.69) is 31.1 Å². The van der Waals surface area contributed by atoms with E-state index in [-0.39, 0.29) is 6.54 Å². The SMILES string of the molecule is NCc1noc(-c2ccc3cncc(Br)c3c2)n1. The van der Waals surface area contributed by atoms with E-state index in [4.69, 9.17) is 10.3 Å². The van der Waals surface area contributed by atoms with Crippen LogP contribution in [-0.2, 0) is 6.54 Å². The number of nitrogens with two attached hydrogens (primary N) is 1. The third-order valence-electron chi connectivity index (χ3n) is 2.61. The first-order chi connectivity index (χ1) is 8.78. The monoisotopic (exact) mass is 304 g/mol. The molecule has 0 amide bonds. The van der Waals surface area contributed by atoms with Crippen LogP contribution in [0.3, 0.4) is 0 Å². The average molecular weight is 305 g/mol. The Morgan fingerprint density at radius 1 is 1.28 bits per heavy atom. The van der Waals surface area contributed by atoms with Crippen LogP contribution in [0.15, 0.2) is 39.6 Å². The average Bonchev–Trinajstić information content (AvgIpc) is 2.88. The van der Waals surface area contributed by atoms with Crippen molar-refractivity contribution in [3.63, 3.8) is 0 Å². The maximum Gasteiger partial charge on any atom is 0.257 e. The van der Waals surface area contributed by atoms with E-state index < -0.39 is 0 Å². The third kappa shape index (κ3) is 1.89. The Bertz CT molecular complexity index is 710. The minimum Gasteiger partial charge on any atom is -0.334 e. The van der Waals surface area contributed by atoms with Crippen molar-refractivity contribution in [1.29, 1.82) is 0 Å². The second-order valence-electron chi connectivity index (χ2n) is 3.78. The van der Waals surface area contributed by atoms with Gasteiger partial charge in [-0.25, -0.2) is 0 Å². The molecule has 0 bridgehead atoms. The summed E-state index contributed by atoms with van der Waals surface area (Å²) >= 11 is 3.47. The highest BCUT2D eigenvalue weighted by Crippen LogP contribution is 2.27. The Morgan fingerprint density at radius 3 is 2.94 bits per heavy atom. The molecule has 2 aromatic heterocycles. The highest BCUT2D eigenvalue weighted by Gasteiger charge is 2.09. The van der Waals surface area contributed by atoms with Gasteiger partial charge in [0.05, 0.1) is 6.54 Å². The number of rotatable bonds is 2. The highest BCUT2D eigenvalue weighted by atomic mass is 79.9. The summed E-state index contributed by atoms with van der Waals surface area (Å²) in [7, 11) is 0. The zero-order valence-corrected chi connectivity index (χ0v) is 10.9. The second kappa shape index (κ2) is 4.47. The Morgan fingerprint density at radius 2 is 2.17 bits per heavy atom. The van der Waals surface area contributed by atoms with Crippen molar-refractivity contribution < 1.29 is 4.52 Å². The van der Waals surface area contributed by atoms with Crippen LogP contribution < -0.4 is 5.73 Å². The van der Waals surface area contributed by atoms with Gasteiger partial charge >= 0.3 is 0 Å². The number of halogens is 1. The minimum atomic E-state index is 0.269. The molecule has 90 valence electrons. The molecule has 0 spiro atoms. The van der Waals surface area contributed by atoms with Gasteiger partial charge in [-0.2, -0.15) is 4.98 Å². The van der Waals surface area contributed by atoms with Gasteiger partial charge in [-0.1, -0.05) is 11.2 Å². The minimum absolute atomic E-state index is 0.269. The quantitative estimate of drug-likeness (QED) is 0.787. The number of aromatic nitrogens is 3. The number of fused-ring (bicyclic) bond motifs is 1. The van der Waals surface area contributed by atoms with Crippen molar-refractivity contribution in [3.8, 4) is 11.5 Å². The van der Waals surface area contributed by atoms with Gasteiger partial charge in [0.15, 0.2) is 5.82 Å². The molecule has 0 saturated heterocycles. The molecule has 18 heavy (non-hydrogen) atoms. The summed E-state index contributed by atoms with van der Waals surface area (Å²) in [6.45, 7) is 0.269. The molecule has 0 aliphatic rings. The van der Waals surface area contributed by atoms with Crippen LogP contribution in [0.2, 0.25) is 0 Å². The number of pyridine rings is 1. The molecule has 0 fully saturated rings. The number of hydrogen-bond donors (Lipinski definition) is 1. The Labute approximate surface area is 111 Å². The summed E-state index contributed by atoms with van der Waals surface area (Å²) in [5.74, 6) is 0.972. The predicted molar refractivity (Wildman–Crippen MR) is 70.6 cm³/mol. The topological polar surface area (TPSA) is 77.8 Å². The molecule has 3 rings (SSSR count). The third-order valence-corrected chi connectivity index (χ3v) is 3.24. The van der Waals surface area contributed by atoms with Gasteiger partial charge in [0.25, 0.3) is 5.89 Å². The standard InChI is InChI=1S/C12H9BrN4O/c13-10-6-15-5-8-2-1-7(3-9(8)10)12-16-11(4-14)17-18-12/h1-3,5-6H,4,14H2. The molecule has 0 unspecified atom stereocenters. The first kappa shape index (κ1) is 11.3. The van der Waals surface area contributed by atoms with Crippen molar-refractivity contribution in [2.75, 3.05) is 0 Å². The first-order valence-electron chi connectivity index (χ1n) is 5.34. The lowest BCUT2D eigenvalue weighted by atomic mass is 10.1. The molecule has 0 radical (unpaired) electrons. The summed E-state index contributed by atoms with van der Waals surface area (Å²) < 4.78 is 6.09. The molecule has 5 nitrogen and oxygen atoms in total. The van der Waals surface area contributed by atoms with E-state index in [1.165, 1.54) is 0 Å². The van der Waals surface area contributed by atoms with Gasteiger partial charge in [-0.15, -0.1) is 0 Å². The van der Waals surface area contributed by atoms with Crippen molar-refractivity contribution in [3.05, 3.63) is 40.9 Å². The second-order valence-corrected chi connectivity index (χ2v) is 4.63. The summed E-state index contributed by atoms with van der Waals surface area (Å²) in [4.78, 5) is 8.32.